The van der Waals surface area contributed by atoms with Crippen LogP contribution in [0.3, 0.4) is 0 Å². The third-order valence-electron chi connectivity index (χ3n) is 3.57. The van der Waals surface area contributed by atoms with E-state index < -0.39 is 0 Å². The molecule has 0 bridgehead atoms. The van der Waals surface area contributed by atoms with E-state index in [1.54, 1.807) is 0 Å². The van der Waals surface area contributed by atoms with Crippen molar-refractivity contribution in [2.45, 2.75) is 24.0 Å². The van der Waals surface area contributed by atoms with Crippen LogP contribution in [0.25, 0.3) is 0 Å². The van der Waals surface area contributed by atoms with Crippen molar-refractivity contribution >= 4 is 24.0 Å². The van der Waals surface area contributed by atoms with Crippen molar-refractivity contribution in [3.05, 3.63) is 51.6 Å². The Kier molecular flexibility index (Phi) is 2.63. The van der Waals surface area contributed by atoms with Gasteiger partial charge in [0.2, 0.25) is 0 Å². The van der Waals surface area contributed by atoms with Crippen LogP contribution in [0.4, 0.5) is 0 Å². The van der Waals surface area contributed by atoms with Crippen LogP contribution in [0.5, 0.6) is 5.75 Å². The summed E-state index contributed by atoms with van der Waals surface area (Å²) in [4.78, 5) is 7.95. The Hall–Kier alpha value is -1.33. The molecular formula is C14H12N2OS2. The van der Waals surface area contributed by atoms with E-state index in [1.807, 2.05) is 30.0 Å². The average molecular weight is 288 g/mol. The maximum atomic E-state index is 5.96. The van der Waals surface area contributed by atoms with Crippen LogP contribution in [0.2, 0.25) is 0 Å². The standard InChI is InChI=1S/C14H12N2OS2/c18-14-9-6-19-7-10(9)15-13(16-14)12-5-8-3-1-2-4-11(8)17-12/h1-4,12H,5-7H2,(H,15,16,18). The molecule has 1 N–H and O–H groups in total. The predicted molar refractivity (Wildman–Crippen MR) is 77.9 cm³/mol. The summed E-state index contributed by atoms with van der Waals surface area (Å²) in [7, 11) is 0. The van der Waals surface area contributed by atoms with Crippen LogP contribution in [-0.2, 0) is 17.9 Å². The molecule has 1 aromatic carbocycles. The van der Waals surface area contributed by atoms with Gasteiger partial charge in [0, 0.05) is 29.2 Å². The van der Waals surface area contributed by atoms with E-state index in [9.17, 15) is 0 Å². The second kappa shape index (κ2) is 4.35. The summed E-state index contributed by atoms with van der Waals surface area (Å²) in [5, 5.41) is 0. The van der Waals surface area contributed by atoms with Crippen molar-refractivity contribution in [1.82, 2.24) is 9.97 Å². The van der Waals surface area contributed by atoms with Gasteiger partial charge in [0.05, 0.1) is 0 Å². The number of nitrogens with zero attached hydrogens (tertiary/aromatic N) is 1. The number of thioether (sulfide) groups is 1. The molecule has 2 aromatic rings. The molecule has 0 saturated heterocycles. The van der Waals surface area contributed by atoms with Crippen molar-refractivity contribution in [1.29, 1.82) is 0 Å². The molecule has 0 radical (unpaired) electrons. The van der Waals surface area contributed by atoms with E-state index in [-0.39, 0.29) is 6.10 Å². The van der Waals surface area contributed by atoms with Crippen LogP contribution in [0.1, 0.15) is 28.7 Å². The smallest absolute Gasteiger partial charge is 0.160 e. The number of aromatic amines is 1. The summed E-state index contributed by atoms with van der Waals surface area (Å²) in [6, 6.07) is 8.15. The lowest BCUT2D eigenvalue weighted by Gasteiger charge is -2.11. The summed E-state index contributed by atoms with van der Waals surface area (Å²) in [6.45, 7) is 0. The zero-order chi connectivity index (χ0) is 12.8. The molecule has 2 aliphatic rings. The summed E-state index contributed by atoms with van der Waals surface area (Å²) in [5.41, 5.74) is 3.65. The molecule has 1 unspecified atom stereocenters. The fourth-order valence-electron chi connectivity index (χ4n) is 2.58. The number of aromatic nitrogens is 2. The molecule has 0 amide bonds. The largest absolute Gasteiger partial charge is 0.482 e. The molecule has 1 aromatic heterocycles. The zero-order valence-corrected chi connectivity index (χ0v) is 11.8. The molecule has 0 saturated carbocycles. The zero-order valence-electron chi connectivity index (χ0n) is 10.2. The maximum Gasteiger partial charge on any atom is 0.160 e. The Morgan fingerprint density at radius 3 is 3.11 bits per heavy atom. The molecule has 5 heteroatoms. The second-order valence-corrected chi connectivity index (χ2v) is 6.17. The minimum absolute atomic E-state index is 0.0324. The third kappa shape index (κ3) is 1.88. The Labute approximate surface area is 120 Å². The van der Waals surface area contributed by atoms with Gasteiger partial charge in [-0.25, -0.2) is 4.98 Å². The lowest BCUT2D eigenvalue weighted by molar-refractivity contribution is 0.227. The van der Waals surface area contributed by atoms with Crippen LogP contribution < -0.4 is 4.74 Å². The highest BCUT2D eigenvalue weighted by molar-refractivity contribution is 7.98. The number of hydrogen-bond acceptors (Lipinski definition) is 4. The summed E-state index contributed by atoms with van der Waals surface area (Å²) >= 11 is 7.26. The number of fused-ring (bicyclic) bond motifs is 2. The van der Waals surface area contributed by atoms with E-state index in [4.69, 9.17) is 17.0 Å². The third-order valence-corrected chi connectivity index (χ3v) is 4.89. The number of hydrogen-bond donors (Lipinski definition) is 1. The van der Waals surface area contributed by atoms with Gasteiger partial charge in [-0.05, 0) is 11.6 Å². The van der Waals surface area contributed by atoms with Gasteiger partial charge in [0.25, 0.3) is 0 Å². The van der Waals surface area contributed by atoms with E-state index in [1.165, 1.54) is 16.8 Å². The van der Waals surface area contributed by atoms with Gasteiger partial charge in [-0.1, -0.05) is 30.4 Å². The Morgan fingerprint density at radius 2 is 2.21 bits per heavy atom. The molecular weight excluding hydrogens is 276 g/mol. The minimum Gasteiger partial charge on any atom is -0.482 e. The molecule has 0 aliphatic carbocycles. The number of H-pyrrole nitrogens is 1. The highest BCUT2D eigenvalue weighted by atomic mass is 32.2. The summed E-state index contributed by atoms with van der Waals surface area (Å²) < 4.78 is 6.69. The lowest BCUT2D eigenvalue weighted by atomic mass is 10.1. The quantitative estimate of drug-likeness (QED) is 0.814. The van der Waals surface area contributed by atoms with Gasteiger partial charge in [0.1, 0.15) is 16.2 Å². The van der Waals surface area contributed by atoms with Crippen LogP contribution in [0.15, 0.2) is 24.3 Å². The monoisotopic (exact) mass is 288 g/mol. The molecule has 3 nitrogen and oxygen atoms in total. The first-order chi connectivity index (χ1) is 9.31. The highest BCUT2D eigenvalue weighted by Gasteiger charge is 2.27. The number of ether oxygens (including phenoxy) is 1. The second-order valence-electron chi connectivity index (χ2n) is 4.80. The summed E-state index contributed by atoms with van der Waals surface area (Å²) in [5.74, 6) is 3.80. The highest BCUT2D eigenvalue weighted by Crippen LogP contribution is 2.36. The first kappa shape index (κ1) is 11.5. The first-order valence-corrected chi connectivity index (χ1v) is 7.82. The summed E-state index contributed by atoms with van der Waals surface area (Å²) in [6.07, 6.45) is 0.829. The Bertz CT molecular complexity index is 686. The van der Waals surface area contributed by atoms with Gasteiger partial charge in [-0.2, -0.15) is 11.8 Å². The van der Waals surface area contributed by atoms with Crippen molar-refractivity contribution < 1.29 is 4.74 Å². The topological polar surface area (TPSA) is 37.9 Å². The molecule has 0 fully saturated rings. The molecule has 3 heterocycles. The van der Waals surface area contributed by atoms with Gasteiger partial charge < -0.3 is 9.72 Å². The van der Waals surface area contributed by atoms with Crippen molar-refractivity contribution in [2.24, 2.45) is 0 Å². The first-order valence-electron chi connectivity index (χ1n) is 6.25. The van der Waals surface area contributed by atoms with Gasteiger partial charge in [-0.3, -0.25) is 0 Å². The van der Waals surface area contributed by atoms with E-state index >= 15 is 0 Å². The Morgan fingerprint density at radius 1 is 1.32 bits per heavy atom. The maximum absolute atomic E-state index is 5.96. The van der Waals surface area contributed by atoms with Crippen LogP contribution in [0, 0.1) is 4.64 Å². The normalized spacial score (nSPS) is 19.9. The predicted octanol–water partition coefficient (Wildman–Crippen LogP) is 3.56. The number of para-hydroxylation sites is 1. The molecule has 1 atom stereocenters. The molecule has 19 heavy (non-hydrogen) atoms. The van der Waals surface area contributed by atoms with Crippen LogP contribution in [-0.4, -0.2) is 9.97 Å². The van der Waals surface area contributed by atoms with E-state index in [0.717, 1.165) is 34.1 Å². The van der Waals surface area contributed by atoms with Crippen molar-refractivity contribution in [2.75, 3.05) is 0 Å². The van der Waals surface area contributed by atoms with Gasteiger partial charge in [0.15, 0.2) is 6.10 Å². The SMILES string of the molecule is S=c1nc(C2Cc3ccccc3O2)[nH]c2c1CSC2. The molecule has 2 aliphatic heterocycles. The average Bonchev–Trinajstić information content (AvgIpc) is 3.04. The molecule has 96 valence electrons. The fourth-order valence-corrected chi connectivity index (χ4v) is 4.03. The van der Waals surface area contributed by atoms with E-state index in [2.05, 4.69) is 16.0 Å². The van der Waals surface area contributed by atoms with E-state index in [0.29, 0.717) is 0 Å². The van der Waals surface area contributed by atoms with Crippen molar-refractivity contribution in [3.8, 4) is 5.75 Å². The van der Waals surface area contributed by atoms with Crippen LogP contribution >= 0.6 is 24.0 Å². The van der Waals surface area contributed by atoms with Gasteiger partial charge >= 0.3 is 0 Å². The fraction of sp³-hybridized carbons (Fsp3) is 0.286. The number of benzene rings is 1. The lowest BCUT2D eigenvalue weighted by Crippen LogP contribution is -2.10. The number of rotatable bonds is 1. The van der Waals surface area contributed by atoms with Gasteiger partial charge in [-0.15, -0.1) is 0 Å². The molecule has 0 spiro atoms. The Balaban J connectivity index is 1.72. The number of nitrogens with one attached hydrogen (secondary N) is 1. The van der Waals surface area contributed by atoms with Crippen molar-refractivity contribution in [3.63, 3.8) is 0 Å². The minimum atomic E-state index is -0.0324. The molecule has 4 rings (SSSR count).